The Kier molecular flexibility index (Phi) is 18.6. The number of alkyl halides is 1. The van der Waals surface area contributed by atoms with Crippen molar-refractivity contribution in [2.75, 3.05) is 6.38 Å². The van der Waals surface area contributed by atoms with E-state index in [-0.39, 0.29) is 5.41 Å². The quantitative estimate of drug-likeness (QED) is 0.290. The van der Waals surface area contributed by atoms with Gasteiger partial charge in [-0.05, 0) is 20.8 Å². The van der Waals surface area contributed by atoms with Crippen molar-refractivity contribution in [3.8, 4) is 12.3 Å². The highest BCUT2D eigenvalue weighted by atomic mass is 35.5. The average molecular weight is 161 g/mol. The number of terminal acetylenes is 1. The van der Waals surface area contributed by atoms with Crippen LogP contribution in [0, 0.1) is 17.8 Å². The van der Waals surface area contributed by atoms with Crippen LogP contribution in [0.3, 0.4) is 0 Å². The van der Waals surface area contributed by atoms with E-state index in [2.05, 4.69) is 30.7 Å². The summed E-state index contributed by atoms with van der Waals surface area (Å²) in [5.41, 5.74) is 0.0694. The first-order valence-corrected chi connectivity index (χ1v) is 3.67. The summed E-state index contributed by atoms with van der Waals surface area (Å²) in [6.07, 6.45) is 6.53. The second-order valence-electron chi connectivity index (χ2n) is 2.39. The molecule has 0 aromatic carbocycles. The van der Waals surface area contributed by atoms with Gasteiger partial charge < -0.3 is 0 Å². The fourth-order valence-corrected chi connectivity index (χ4v) is 0. The zero-order chi connectivity index (χ0) is 9.21. The smallest absolute Gasteiger partial charge is 0.0227 e. The van der Waals surface area contributed by atoms with E-state index in [1.807, 2.05) is 20.8 Å². The zero-order valence-electron chi connectivity index (χ0n) is 7.37. The molecular weight excluding hydrogens is 144 g/mol. The van der Waals surface area contributed by atoms with Crippen LogP contribution in [0.2, 0.25) is 0 Å². The first kappa shape index (κ1) is 16.3. The summed E-state index contributed by atoms with van der Waals surface area (Å²) < 4.78 is 0. The number of rotatable bonds is 0. The summed E-state index contributed by atoms with van der Waals surface area (Å²) in [6.45, 7) is 12.0. The van der Waals surface area contributed by atoms with Gasteiger partial charge in [0.1, 0.15) is 0 Å². The fraction of sp³-hybridized carbons (Fsp3) is 0.556. The van der Waals surface area contributed by atoms with Crippen LogP contribution in [-0.2, 0) is 0 Å². The largest absolute Gasteiger partial charge is 0.130 e. The molecule has 0 atom stereocenters. The molecule has 0 aliphatic rings. The van der Waals surface area contributed by atoms with E-state index in [9.17, 15) is 0 Å². The standard InChI is InChI=1S/C6H10.C2H4.CH3Cl/c1-5-6(2,3)4;2*1-2/h1H,2-4H3;1-2H2;1H3. The number of hydrogen-bond acceptors (Lipinski definition) is 0. The van der Waals surface area contributed by atoms with E-state index < -0.39 is 0 Å². The molecule has 0 fully saturated rings. The van der Waals surface area contributed by atoms with Crippen molar-refractivity contribution in [3.63, 3.8) is 0 Å². The van der Waals surface area contributed by atoms with Crippen LogP contribution >= 0.6 is 11.6 Å². The molecule has 60 valence electrons. The van der Waals surface area contributed by atoms with Gasteiger partial charge in [-0.3, -0.25) is 0 Å². The molecule has 0 heterocycles. The lowest BCUT2D eigenvalue weighted by Crippen LogP contribution is -1.97. The van der Waals surface area contributed by atoms with Gasteiger partial charge >= 0.3 is 0 Å². The lowest BCUT2D eigenvalue weighted by Gasteiger charge is -2.04. The van der Waals surface area contributed by atoms with E-state index in [0.717, 1.165) is 0 Å². The summed E-state index contributed by atoms with van der Waals surface area (Å²) in [7, 11) is 0. The summed E-state index contributed by atoms with van der Waals surface area (Å²) in [4.78, 5) is 0. The van der Waals surface area contributed by atoms with Gasteiger partial charge in [-0.1, -0.05) is 0 Å². The Bertz CT molecular complexity index is 81.9. The number of halogens is 1. The molecule has 0 spiro atoms. The van der Waals surface area contributed by atoms with Gasteiger partial charge in [0.25, 0.3) is 0 Å². The van der Waals surface area contributed by atoms with Crippen LogP contribution in [0.5, 0.6) is 0 Å². The summed E-state index contributed by atoms with van der Waals surface area (Å²) in [5.74, 6) is 2.60. The Balaban J connectivity index is -0.000000105. The summed E-state index contributed by atoms with van der Waals surface area (Å²) >= 11 is 4.64. The van der Waals surface area contributed by atoms with Crippen molar-refractivity contribution in [2.45, 2.75) is 20.8 Å². The minimum Gasteiger partial charge on any atom is -0.130 e. The first-order valence-electron chi connectivity index (χ1n) is 2.92. The molecule has 0 N–H and O–H groups in total. The molecule has 0 aliphatic carbocycles. The van der Waals surface area contributed by atoms with Crippen LogP contribution in [0.25, 0.3) is 0 Å². The Labute approximate surface area is 70.3 Å². The van der Waals surface area contributed by atoms with Crippen LogP contribution in [0.15, 0.2) is 13.2 Å². The van der Waals surface area contributed by atoms with Crippen molar-refractivity contribution < 1.29 is 0 Å². The molecule has 0 bridgehead atoms. The minimum atomic E-state index is 0.0694. The molecule has 0 aromatic rings. The van der Waals surface area contributed by atoms with E-state index in [4.69, 9.17) is 6.42 Å². The highest BCUT2D eigenvalue weighted by molar-refractivity contribution is 6.15. The van der Waals surface area contributed by atoms with E-state index in [1.165, 1.54) is 6.38 Å². The van der Waals surface area contributed by atoms with Crippen molar-refractivity contribution in [1.82, 2.24) is 0 Å². The maximum atomic E-state index is 5.06. The monoisotopic (exact) mass is 160 g/mol. The lowest BCUT2D eigenvalue weighted by atomic mass is 9.99. The van der Waals surface area contributed by atoms with Gasteiger partial charge in [-0.15, -0.1) is 37.1 Å². The Morgan fingerprint density at radius 3 is 1.30 bits per heavy atom. The molecule has 0 aromatic heterocycles. The van der Waals surface area contributed by atoms with Crippen molar-refractivity contribution in [1.29, 1.82) is 0 Å². The van der Waals surface area contributed by atoms with Gasteiger partial charge in [0.05, 0.1) is 0 Å². The highest BCUT2D eigenvalue weighted by Crippen LogP contribution is 2.08. The maximum absolute atomic E-state index is 5.06. The summed E-state index contributed by atoms with van der Waals surface area (Å²) in [5, 5.41) is 0. The van der Waals surface area contributed by atoms with E-state index >= 15 is 0 Å². The van der Waals surface area contributed by atoms with E-state index in [1.54, 1.807) is 0 Å². The molecule has 1 heteroatoms. The van der Waals surface area contributed by atoms with Gasteiger partial charge in [-0.2, -0.15) is 0 Å². The van der Waals surface area contributed by atoms with Crippen molar-refractivity contribution in [3.05, 3.63) is 13.2 Å². The third kappa shape index (κ3) is 49.1. The second-order valence-corrected chi connectivity index (χ2v) is 2.39. The van der Waals surface area contributed by atoms with Crippen molar-refractivity contribution >= 4 is 11.6 Å². The van der Waals surface area contributed by atoms with Crippen LogP contribution in [-0.4, -0.2) is 6.38 Å². The third-order valence-electron chi connectivity index (χ3n) is 0.433. The van der Waals surface area contributed by atoms with Crippen LogP contribution in [0.1, 0.15) is 20.8 Å². The maximum Gasteiger partial charge on any atom is 0.0227 e. The molecule has 0 amide bonds. The summed E-state index contributed by atoms with van der Waals surface area (Å²) in [6, 6.07) is 0. The predicted octanol–water partition coefficient (Wildman–Crippen LogP) is 3.32. The zero-order valence-corrected chi connectivity index (χ0v) is 8.13. The van der Waals surface area contributed by atoms with Gasteiger partial charge in [0.2, 0.25) is 0 Å². The predicted molar refractivity (Wildman–Crippen MR) is 51.3 cm³/mol. The highest BCUT2D eigenvalue weighted by Gasteiger charge is 2.00. The molecule has 0 saturated carbocycles. The molecule has 0 aliphatic heterocycles. The second kappa shape index (κ2) is 11.4. The molecule has 0 rings (SSSR count). The SMILES string of the molecule is C#CC(C)(C)C.C=C.CCl. The van der Waals surface area contributed by atoms with Crippen molar-refractivity contribution in [2.24, 2.45) is 5.41 Å². The Morgan fingerprint density at radius 1 is 1.20 bits per heavy atom. The normalized spacial score (nSPS) is 7.20. The Hall–Kier alpha value is -0.410. The molecule has 0 unspecified atom stereocenters. The van der Waals surface area contributed by atoms with Crippen LogP contribution < -0.4 is 0 Å². The number of hydrogen-bond donors (Lipinski definition) is 0. The third-order valence-corrected chi connectivity index (χ3v) is 0.433. The molecule has 0 radical (unpaired) electrons. The van der Waals surface area contributed by atoms with Gasteiger partial charge in [0.15, 0.2) is 0 Å². The van der Waals surface area contributed by atoms with Crippen LogP contribution in [0.4, 0.5) is 0 Å². The van der Waals surface area contributed by atoms with E-state index in [0.29, 0.717) is 0 Å². The molecule has 0 nitrogen and oxygen atoms in total. The molecule has 0 saturated heterocycles. The topological polar surface area (TPSA) is 0 Å². The molecule has 10 heavy (non-hydrogen) atoms. The lowest BCUT2D eigenvalue weighted by molar-refractivity contribution is 0.571. The fourth-order valence-electron chi connectivity index (χ4n) is 0. The first-order chi connectivity index (χ1) is 4.56. The Morgan fingerprint density at radius 2 is 1.30 bits per heavy atom. The molecular formula is C9H17Cl. The minimum absolute atomic E-state index is 0.0694. The van der Waals surface area contributed by atoms with Gasteiger partial charge in [-0.25, -0.2) is 0 Å². The van der Waals surface area contributed by atoms with Gasteiger partial charge in [0, 0.05) is 11.8 Å². The average Bonchev–Trinajstić information content (AvgIpc) is 1.95.